The largest absolute Gasteiger partial charge is 0.497 e. The van der Waals surface area contributed by atoms with E-state index in [0.29, 0.717) is 31.9 Å². The fourth-order valence-electron chi connectivity index (χ4n) is 2.77. The van der Waals surface area contributed by atoms with Crippen LogP contribution < -0.4 is 20.1 Å². The fourth-order valence-corrected chi connectivity index (χ4v) is 4.38. The smallest absolute Gasteiger partial charge is 0.275 e. The molecule has 0 bridgehead atoms. The summed E-state index contributed by atoms with van der Waals surface area (Å²) < 4.78 is 37.6. The summed E-state index contributed by atoms with van der Waals surface area (Å²) in [6.07, 6.45) is 0. The molecule has 1 atom stereocenters. The summed E-state index contributed by atoms with van der Waals surface area (Å²) in [5.41, 5.74) is 5.33. The van der Waals surface area contributed by atoms with Gasteiger partial charge in [0.05, 0.1) is 40.4 Å². The van der Waals surface area contributed by atoms with Crippen LogP contribution in [0.2, 0.25) is 0 Å². The number of carbonyl (C=O) groups is 1. The van der Waals surface area contributed by atoms with Crippen LogP contribution in [0.25, 0.3) is 0 Å². The lowest BCUT2D eigenvalue weighted by atomic mass is 10.2. The summed E-state index contributed by atoms with van der Waals surface area (Å²) in [6.45, 7) is 3.43. The van der Waals surface area contributed by atoms with Crippen molar-refractivity contribution in [3.63, 3.8) is 0 Å². The van der Waals surface area contributed by atoms with Crippen molar-refractivity contribution in [3.05, 3.63) is 18.2 Å². The summed E-state index contributed by atoms with van der Waals surface area (Å²) in [5, 5.41) is 0. The van der Waals surface area contributed by atoms with Crippen molar-refractivity contribution >= 4 is 15.9 Å². The highest BCUT2D eigenvalue weighted by Gasteiger charge is 2.35. The normalized spacial score (nSPS) is 18.1. The first kappa shape index (κ1) is 18.5. The molecule has 0 aromatic heterocycles. The van der Waals surface area contributed by atoms with E-state index in [1.165, 1.54) is 24.6 Å². The van der Waals surface area contributed by atoms with Crippen LogP contribution >= 0.6 is 0 Å². The van der Waals surface area contributed by atoms with Crippen LogP contribution in [-0.2, 0) is 14.8 Å². The quantitative estimate of drug-likeness (QED) is 0.642. The number of benzene rings is 1. The number of methoxy groups -OCH3 is 2. The van der Waals surface area contributed by atoms with Gasteiger partial charge in [-0.25, -0.2) is 8.42 Å². The third kappa shape index (κ3) is 3.63. The van der Waals surface area contributed by atoms with Crippen molar-refractivity contribution in [1.29, 1.82) is 0 Å². The molecule has 134 valence electrons. The Kier molecular flexibility index (Phi) is 5.68. The van der Waals surface area contributed by atoms with E-state index in [1.807, 2.05) is 0 Å². The van der Waals surface area contributed by atoms with Gasteiger partial charge in [-0.3, -0.25) is 4.79 Å². The van der Waals surface area contributed by atoms with Crippen LogP contribution in [0.3, 0.4) is 0 Å². The first-order valence-electron chi connectivity index (χ1n) is 7.67. The minimum atomic E-state index is -3.71. The zero-order valence-corrected chi connectivity index (χ0v) is 14.9. The van der Waals surface area contributed by atoms with Crippen LogP contribution in [0.5, 0.6) is 11.5 Å². The molecule has 0 spiro atoms. The van der Waals surface area contributed by atoms with Gasteiger partial charge in [-0.1, -0.05) is 0 Å². The van der Waals surface area contributed by atoms with Crippen molar-refractivity contribution in [1.82, 2.24) is 4.31 Å². The number of primary amides is 1. The molecule has 1 aromatic carbocycles. The Labute approximate surface area is 142 Å². The minimum Gasteiger partial charge on any atom is -0.497 e. The standard InChI is InChI=1S/C15H23N3O5S/c1-11(15(16)19)17-6-8-18(9-7-17)24(20,21)14-10-12(22-2)4-5-13(14)23-3/h4-5,10-11H,6-9H2,1-3H3,(H2,16,19)/p+1/t11-/m0/s1. The van der Waals surface area contributed by atoms with Crippen molar-refractivity contribution in [3.8, 4) is 11.5 Å². The van der Waals surface area contributed by atoms with E-state index in [0.717, 1.165) is 4.90 Å². The second-order valence-corrected chi connectivity index (χ2v) is 7.61. The third-order valence-corrected chi connectivity index (χ3v) is 6.31. The van der Waals surface area contributed by atoms with Gasteiger partial charge in [0.2, 0.25) is 10.0 Å². The molecule has 1 heterocycles. The number of rotatable bonds is 6. The average molecular weight is 358 g/mol. The Balaban J connectivity index is 2.22. The van der Waals surface area contributed by atoms with Gasteiger partial charge in [-0.2, -0.15) is 4.31 Å². The molecular weight excluding hydrogens is 334 g/mol. The number of amides is 1. The van der Waals surface area contributed by atoms with E-state index in [2.05, 4.69) is 0 Å². The van der Waals surface area contributed by atoms with E-state index in [4.69, 9.17) is 15.2 Å². The molecule has 0 saturated carbocycles. The lowest BCUT2D eigenvalue weighted by Crippen LogP contribution is -3.19. The van der Waals surface area contributed by atoms with E-state index in [1.54, 1.807) is 19.1 Å². The van der Waals surface area contributed by atoms with Crippen molar-refractivity contribution in [2.45, 2.75) is 17.9 Å². The van der Waals surface area contributed by atoms with Crippen LogP contribution in [-0.4, -0.2) is 65.1 Å². The van der Waals surface area contributed by atoms with Gasteiger partial charge < -0.3 is 20.1 Å². The number of nitrogens with zero attached hydrogens (tertiary/aromatic N) is 1. The molecule has 24 heavy (non-hydrogen) atoms. The summed E-state index contributed by atoms with van der Waals surface area (Å²) >= 11 is 0. The molecule has 1 saturated heterocycles. The zero-order valence-electron chi connectivity index (χ0n) is 14.1. The highest BCUT2D eigenvalue weighted by molar-refractivity contribution is 7.89. The molecule has 1 amide bonds. The minimum absolute atomic E-state index is 0.0794. The Bertz CT molecular complexity index is 699. The van der Waals surface area contributed by atoms with E-state index < -0.39 is 10.0 Å². The zero-order chi connectivity index (χ0) is 17.9. The van der Waals surface area contributed by atoms with E-state index in [9.17, 15) is 13.2 Å². The predicted molar refractivity (Wildman–Crippen MR) is 87.7 cm³/mol. The second-order valence-electron chi connectivity index (χ2n) is 5.70. The maximum atomic E-state index is 12.9. The van der Waals surface area contributed by atoms with Gasteiger partial charge in [0, 0.05) is 6.07 Å². The fraction of sp³-hybridized carbons (Fsp3) is 0.533. The van der Waals surface area contributed by atoms with Gasteiger partial charge >= 0.3 is 0 Å². The van der Waals surface area contributed by atoms with E-state index >= 15 is 0 Å². The van der Waals surface area contributed by atoms with Gasteiger partial charge in [-0.05, 0) is 19.1 Å². The molecular formula is C15H24N3O5S+. The van der Waals surface area contributed by atoms with Gasteiger partial charge in [-0.15, -0.1) is 0 Å². The molecule has 1 aromatic rings. The molecule has 1 aliphatic rings. The highest BCUT2D eigenvalue weighted by atomic mass is 32.2. The van der Waals surface area contributed by atoms with Crippen LogP contribution in [0.1, 0.15) is 6.92 Å². The number of sulfonamides is 1. The molecule has 2 rings (SSSR count). The predicted octanol–water partition coefficient (Wildman–Crippen LogP) is -1.53. The topological polar surface area (TPSA) is 103 Å². The second kappa shape index (κ2) is 7.37. The average Bonchev–Trinajstić information content (AvgIpc) is 2.60. The summed E-state index contributed by atoms with van der Waals surface area (Å²) in [4.78, 5) is 12.4. The number of hydrogen-bond acceptors (Lipinski definition) is 5. The van der Waals surface area contributed by atoms with E-state index in [-0.39, 0.29) is 22.6 Å². The summed E-state index contributed by atoms with van der Waals surface area (Å²) in [5.74, 6) is 0.341. The van der Waals surface area contributed by atoms with Crippen LogP contribution in [0.4, 0.5) is 0 Å². The molecule has 0 aliphatic carbocycles. The van der Waals surface area contributed by atoms with Crippen LogP contribution in [0.15, 0.2) is 23.1 Å². The number of ether oxygens (including phenoxy) is 2. The van der Waals surface area contributed by atoms with Crippen LogP contribution in [0, 0.1) is 0 Å². The molecule has 1 fully saturated rings. The summed E-state index contributed by atoms with van der Waals surface area (Å²) in [7, 11) is -0.802. The number of quaternary nitrogens is 1. The Morgan fingerprint density at radius 1 is 1.25 bits per heavy atom. The van der Waals surface area contributed by atoms with Gasteiger partial charge in [0.25, 0.3) is 5.91 Å². The number of nitrogens with one attached hydrogen (secondary N) is 1. The lowest BCUT2D eigenvalue weighted by Gasteiger charge is -2.33. The molecule has 9 heteroatoms. The maximum absolute atomic E-state index is 12.9. The SMILES string of the molecule is COc1ccc(OC)c(S(=O)(=O)N2CC[NH+]([C@@H](C)C(N)=O)CC2)c1. The molecule has 3 N–H and O–H groups in total. The molecule has 1 aliphatic heterocycles. The summed E-state index contributed by atoms with van der Waals surface area (Å²) in [6, 6.07) is 4.34. The number of hydrogen-bond donors (Lipinski definition) is 2. The third-order valence-electron chi connectivity index (χ3n) is 4.39. The Hall–Kier alpha value is -1.84. The van der Waals surface area contributed by atoms with Crippen molar-refractivity contribution in [2.24, 2.45) is 5.73 Å². The monoisotopic (exact) mass is 358 g/mol. The molecule has 8 nitrogen and oxygen atoms in total. The molecule has 0 radical (unpaired) electrons. The first-order chi connectivity index (χ1) is 11.3. The van der Waals surface area contributed by atoms with Crippen molar-refractivity contribution < 1.29 is 27.6 Å². The number of nitrogens with two attached hydrogens (primary N) is 1. The van der Waals surface area contributed by atoms with Gasteiger partial charge in [0.15, 0.2) is 6.04 Å². The lowest BCUT2D eigenvalue weighted by molar-refractivity contribution is -0.917. The van der Waals surface area contributed by atoms with Gasteiger partial charge in [0.1, 0.15) is 16.4 Å². The van der Waals surface area contributed by atoms with Crippen molar-refractivity contribution in [2.75, 3.05) is 40.4 Å². The highest BCUT2D eigenvalue weighted by Crippen LogP contribution is 2.30. The first-order valence-corrected chi connectivity index (χ1v) is 9.11. The maximum Gasteiger partial charge on any atom is 0.275 e. The Morgan fingerprint density at radius 2 is 1.88 bits per heavy atom. The number of carbonyl (C=O) groups excluding carboxylic acids is 1. The molecule has 0 unspecified atom stereocenters. The number of piperazine rings is 1. The Morgan fingerprint density at radius 3 is 2.38 bits per heavy atom.